The quantitative estimate of drug-likeness (QED) is 0.0727. The first-order chi connectivity index (χ1) is 18.0. The van der Waals surface area contributed by atoms with Gasteiger partial charge in [-0.05, 0) is 42.7 Å². The molecule has 1 aliphatic heterocycles. The van der Waals surface area contributed by atoms with Crippen molar-refractivity contribution in [2.24, 2.45) is 5.92 Å². The third-order valence-electron chi connectivity index (χ3n) is 5.61. The molecule has 1 fully saturated rings. The lowest BCUT2D eigenvalue weighted by Crippen LogP contribution is -2.28. The molecule has 5 nitrogen and oxygen atoms in total. The average Bonchev–Trinajstić information content (AvgIpc) is 3.45. The van der Waals surface area contributed by atoms with Crippen LogP contribution >= 0.6 is 24.0 Å². The first-order valence-corrected chi connectivity index (χ1v) is 12.7. The van der Waals surface area contributed by atoms with Crippen LogP contribution in [0.3, 0.4) is 0 Å². The Hall–Kier alpha value is -3.44. The number of thioether (sulfide) groups is 1. The summed E-state index contributed by atoms with van der Waals surface area (Å²) in [4.78, 5) is 26.1. The molecule has 0 N–H and O–H groups in total. The Kier molecular flexibility index (Phi) is 8.37. The van der Waals surface area contributed by atoms with Crippen LogP contribution in [0.1, 0.15) is 41.9 Å². The molecule has 2 aromatic carbocycles. The topological polar surface area (TPSA) is 59.8 Å². The Morgan fingerprint density at radius 2 is 1.79 bits per heavy atom. The predicted octanol–water partition coefficient (Wildman–Crippen LogP) is 7.11. The molecule has 38 heavy (non-hydrogen) atoms. The van der Waals surface area contributed by atoms with E-state index in [4.69, 9.17) is 21.4 Å². The van der Waals surface area contributed by atoms with Crippen LogP contribution in [0, 0.1) is 29.2 Å². The molecule has 2 heterocycles. The normalized spacial score (nSPS) is 14.7. The maximum Gasteiger partial charge on any atom is 0.338 e. The van der Waals surface area contributed by atoms with Gasteiger partial charge in [-0.25, -0.2) is 22.4 Å². The highest BCUT2D eigenvalue weighted by atomic mass is 32.2. The van der Waals surface area contributed by atoms with Gasteiger partial charge >= 0.3 is 5.97 Å². The maximum atomic E-state index is 14.1. The van der Waals surface area contributed by atoms with Gasteiger partial charge in [-0.3, -0.25) is 9.69 Å². The zero-order valence-corrected chi connectivity index (χ0v) is 21.9. The van der Waals surface area contributed by atoms with Crippen LogP contribution in [0.25, 0.3) is 17.4 Å². The second-order valence-corrected chi connectivity index (χ2v) is 10.5. The summed E-state index contributed by atoms with van der Waals surface area (Å²) in [7, 11) is 0. The Morgan fingerprint density at radius 3 is 2.47 bits per heavy atom. The minimum Gasteiger partial charge on any atom is -0.462 e. The summed E-state index contributed by atoms with van der Waals surface area (Å²) in [6, 6.07) is 10.5. The maximum absolute atomic E-state index is 14.1. The number of hydrogen-bond acceptors (Lipinski definition) is 6. The number of halogens is 4. The van der Waals surface area contributed by atoms with Gasteiger partial charge in [0.25, 0.3) is 5.91 Å². The lowest BCUT2D eigenvalue weighted by atomic mass is 10.1. The molecule has 198 valence electrons. The molecule has 0 atom stereocenters. The second-order valence-electron chi connectivity index (χ2n) is 8.83. The van der Waals surface area contributed by atoms with Crippen LogP contribution in [0.4, 0.5) is 17.6 Å². The molecule has 3 aromatic rings. The van der Waals surface area contributed by atoms with Crippen molar-refractivity contribution in [2.75, 3.05) is 6.61 Å². The summed E-state index contributed by atoms with van der Waals surface area (Å²) in [5.41, 5.74) is 0.545. The van der Waals surface area contributed by atoms with Gasteiger partial charge in [0.2, 0.25) is 0 Å². The minimum absolute atomic E-state index is 0.0356. The van der Waals surface area contributed by atoms with Gasteiger partial charge in [0.15, 0.2) is 23.3 Å². The van der Waals surface area contributed by atoms with Gasteiger partial charge in [0.05, 0.1) is 23.6 Å². The Labute approximate surface area is 225 Å². The fourth-order valence-corrected chi connectivity index (χ4v) is 4.73. The number of thiocarbonyl (C=S) groups is 1. The second kappa shape index (κ2) is 11.5. The molecule has 0 spiro atoms. The molecule has 1 amide bonds. The summed E-state index contributed by atoms with van der Waals surface area (Å²) in [5, 5.41) is 0. The Bertz CT molecular complexity index is 1430. The highest BCUT2D eigenvalue weighted by Gasteiger charge is 2.34. The molecule has 0 bridgehead atoms. The number of hydrogen-bond donors (Lipinski definition) is 0. The van der Waals surface area contributed by atoms with Crippen LogP contribution in [0.2, 0.25) is 0 Å². The third-order valence-corrected chi connectivity index (χ3v) is 6.99. The van der Waals surface area contributed by atoms with Crippen molar-refractivity contribution in [1.29, 1.82) is 0 Å². The number of furan rings is 1. The van der Waals surface area contributed by atoms with E-state index in [1.807, 2.05) is 13.8 Å². The molecular formula is C27H21F4NO4S2. The minimum atomic E-state index is -1.96. The first-order valence-electron chi connectivity index (χ1n) is 11.5. The molecule has 1 aliphatic rings. The fourth-order valence-electron chi connectivity index (χ4n) is 3.50. The van der Waals surface area contributed by atoms with Gasteiger partial charge in [-0.1, -0.05) is 50.0 Å². The SMILES string of the molecule is CC(C)CCOC(=O)c1ccc(-c2ccc(/C=C3/SC(=S)N(Cc4cc(F)c(F)c(F)c4F)C3=O)o2)cc1. The van der Waals surface area contributed by atoms with Crippen molar-refractivity contribution in [2.45, 2.75) is 26.8 Å². The van der Waals surface area contributed by atoms with Crippen LogP contribution in [0.15, 0.2) is 51.8 Å². The number of carbonyl (C=O) groups excluding carboxylic acids is 2. The fraction of sp³-hybridized carbons (Fsp3) is 0.222. The summed E-state index contributed by atoms with van der Waals surface area (Å²) in [5.74, 6) is -6.86. The van der Waals surface area contributed by atoms with Crippen molar-refractivity contribution < 1.29 is 36.3 Å². The largest absolute Gasteiger partial charge is 0.462 e. The summed E-state index contributed by atoms with van der Waals surface area (Å²) in [6.45, 7) is 3.86. The average molecular weight is 564 g/mol. The molecule has 0 radical (unpaired) electrons. The third kappa shape index (κ3) is 5.99. The summed E-state index contributed by atoms with van der Waals surface area (Å²) < 4.78 is 65.6. The zero-order chi connectivity index (χ0) is 27.6. The number of nitrogens with zero attached hydrogens (tertiary/aromatic N) is 1. The van der Waals surface area contributed by atoms with Crippen LogP contribution in [0.5, 0.6) is 0 Å². The monoisotopic (exact) mass is 563 g/mol. The highest BCUT2D eigenvalue weighted by Crippen LogP contribution is 2.35. The van der Waals surface area contributed by atoms with E-state index < -0.39 is 47.3 Å². The number of ether oxygens (including phenoxy) is 1. The van der Waals surface area contributed by atoms with E-state index in [1.54, 1.807) is 36.4 Å². The molecule has 1 saturated heterocycles. The van der Waals surface area contributed by atoms with Crippen LogP contribution in [-0.4, -0.2) is 27.7 Å². The molecule has 11 heteroatoms. The summed E-state index contributed by atoms with van der Waals surface area (Å²) >= 11 is 6.08. The lowest BCUT2D eigenvalue weighted by Gasteiger charge is -2.15. The van der Waals surface area contributed by atoms with Crippen molar-refractivity contribution >= 4 is 46.3 Å². The van der Waals surface area contributed by atoms with Gasteiger partial charge < -0.3 is 9.15 Å². The van der Waals surface area contributed by atoms with E-state index in [9.17, 15) is 27.2 Å². The standard InChI is InChI=1S/C27H21F4NO4S2/c1-14(2)9-10-35-26(34)16-5-3-15(4-6-16)20-8-7-18(36-20)12-21-25(33)32(27(37)38-21)13-17-11-19(28)23(30)24(31)22(17)29/h3-8,11-12,14H,9-10,13H2,1-2H3/b21-12+. The van der Waals surface area contributed by atoms with Crippen LogP contribution in [-0.2, 0) is 16.1 Å². The van der Waals surface area contributed by atoms with Gasteiger partial charge in [-0.15, -0.1) is 0 Å². The molecule has 1 aromatic heterocycles. The van der Waals surface area contributed by atoms with Crippen molar-refractivity contribution in [1.82, 2.24) is 4.90 Å². The van der Waals surface area contributed by atoms with Gasteiger partial charge in [0, 0.05) is 17.2 Å². The van der Waals surface area contributed by atoms with E-state index in [1.165, 1.54) is 6.08 Å². The Balaban J connectivity index is 1.45. The predicted molar refractivity (Wildman–Crippen MR) is 139 cm³/mol. The first kappa shape index (κ1) is 27.6. The summed E-state index contributed by atoms with van der Waals surface area (Å²) in [6.07, 6.45) is 2.21. The lowest BCUT2D eigenvalue weighted by molar-refractivity contribution is -0.122. The smallest absolute Gasteiger partial charge is 0.338 e. The van der Waals surface area contributed by atoms with Crippen LogP contribution < -0.4 is 0 Å². The van der Waals surface area contributed by atoms with E-state index in [0.717, 1.165) is 23.1 Å². The number of carbonyl (C=O) groups is 2. The molecule has 4 rings (SSSR count). The van der Waals surface area contributed by atoms with Crippen molar-refractivity contribution in [3.63, 3.8) is 0 Å². The van der Waals surface area contributed by atoms with E-state index >= 15 is 0 Å². The number of benzene rings is 2. The molecule has 0 unspecified atom stereocenters. The van der Waals surface area contributed by atoms with Gasteiger partial charge in [0.1, 0.15) is 15.8 Å². The van der Waals surface area contributed by atoms with Crippen molar-refractivity contribution in [3.05, 3.63) is 87.5 Å². The van der Waals surface area contributed by atoms with E-state index in [-0.39, 0.29) is 9.23 Å². The Morgan fingerprint density at radius 1 is 1.08 bits per heavy atom. The van der Waals surface area contributed by atoms with E-state index in [2.05, 4.69) is 0 Å². The van der Waals surface area contributed by atoms with E-state index in [0.29, 0.717) is 41.2 Å². The zero-order valence-electron chi connectivity index (χ0n) is 20.2. The molecule has 0 saturated carbocycles. The highest BCUT2D eigenvalue weighted by molar-refractivity contribution is 8.26. The number of amides is 1. The van der Waals surface area contributed by atoms with Crippen molar-refractivity contribution in [3.8, 4) is 11.3 Å². The molecular weight excluding hydrogens is 542 g/mol. The number of esters is 1. The molecule has 0 aliphatic carbocycles. The van der Waals surface area contributed by atoms with Gasteiger partial charge in [-0.2, -0.15) is 0 Å². The number of rotatable bonds is 8.